The third kappa shape index (κ3) is 4.98. The molecule has 0 atom stereocenters. The fraction of sp³-hybridized carbons (Fsp3) is 0.286. The molecular weight excluding hydrogens is 368 g/mol. The molecule has 0 saturated carbocycles. The number of rotatable bonds is 5. The summed E-state index contributed by atoms with van der Waals surface area (Å²) >= 11 is 0. The molecule has 0 aliphatic carbocycles. The van der Waals surface area contributed by atoms with E-state index in [-0.39, 0.29) is 6.03 Å². The van der Waals surface area contributed by atoms with Crippen LogP contribution in [0.3, 0.4) is 0 Å². The first-order valence-electron chi connectivity index (χ1n) is 9.63. The summed E-state index contributed by atoms with van der Waals surface area (Å²) in [7, 11) is 0. The number of nitrogens with one attached hydrogen (secondary N) is 2. The van der Waals surface area contributed by atoms with Crippen molar-refractivity contribution in [2.75, 3.05) is 36.9 Å². The highest BCUT2D eigenvalue weighted by Gasteiger charge is 2.13. The summed E-state index contributed by atoms with van der Waals surface area (Å²) in [5.41, 5.74) is 4.31. The van der Waals surface area contributed by atoms with Gasteiger partial charge in [-0.05, 0) is 42.8 Å². The molecule has 8 nitrogen and oxygen atoms in total. The number of aryl methyl sites for hydroxylation is 1. The summed E-state index contributed by atoms with van der Waals surface area (Å²) in [6.07, 6.45) is 1.93. The largest absolute Gasteiger partial charge is 0.379 e. The molecule has 0 radical (unpaired) electrons. The number of ether oxygens (including phenoxy) is 1. The van der Waals surface area contributed by atoms with Crippen LogP contribution in [0.2, 0.25) is 0 Å². The van der Waals surface area contributed by atoms with E-state index in [0.29, 0.717) is 5.69 Å². The highest BCUT2D eigenvalue weighted by atomic mass is 16.5. The van der Waals surface area contributed by atoms with E-state index < -0.39 is 0 Å². The minimum absolute atomic E-state index is 0.277. The number of aromatic nitrogens is 3. The zero-order valence-electron chi connectivity index (χ0n) is 16.3. The number of para-hydroxylation sites is 1. The van der Waals surface area contributed by atoms with E-state index in [1.807, 2.05) is 61.7 Å². The smallest absolute Gasteiger partial charge is 0.323 e. The van der Waals surface area contributed by atoms with Gasteiger partial charge >= 0.3 is 6.03 Å². The second-order valence-electron chi connectivity index (χ2n) is 6.98. The number of amides is 2. The van der Waals surface area contributed by atoms with Gasteiger partial charge in [0, 0.05) is 31.0 Å². The molecule has 4 rings (SSSR count). The van der Waals surface area contributed by atoms with Gasteiger partial charge in [-0.3, -0.25) is 4.90 Å². The Labute approximate surface area is 169 Å². The lowest BCUT2D eigenvalue weighted by Gasteiger charge is -2.25. The molecular formula is C21H24N6O2. The van der Waals surface area contributed by atoms with Crippen LogP contribution in [0.1, 0.15) is 11.3 Å². The number of carbonyl (C=O) groups is 1. The maximum atomic E-state index is 12.2. The summed E-state index contributed by atoms with van der Waals surface area (Å²) in [6, 6.07) is 14.9. The molecule has 1 aliphatic rings. The van der Waals surface area contributed by atoms with Crippen molar-refractivity contribution in [1.82, 2.24) is 19.9 Å². The summed E-state index contributed by atoms with van der Waals surface area (Å²) in [5, 5.41) is 14.2. The van der Waals surface area contributed by atoms with Gasteiger partial charge in [0.05, 0.1) is 30.8 Å². The molecule has 1 aromatic heterocycles. The van der Waals surface area contributed by atoms with E-state index in [1.165, 1.54) is 0 Å². The Morgan fingerprint density at radius 2 is 1.83 bits per heavy atom. The van der Waals surface area contributed by atoms with Gasteiger partial charge in [0.25, 0.3) is 0 Å². The maximum absolute atomic E-state index is 12.2. The molecule has 2 aromatic carbocycles. The second-order valence-corrected chi connectivity index (χ2v) is 6.98. The van der Waals surface area contributed by atoms with Gasteiger partial charge in [0.1, 0.15) is 0 Å². The first kappa shape index (κ1) is 19.1. The van der Waals surface area contributed by atoms with Crippen molar-refractivity contribution in [2.24, 2.45) is 0 Å². The summed E-state index contributed by atoms with van der Waals surface area (Å²) in [5.74, 6) is 0. The fourth-order valence-electron chi connectivity index (χ4n) is 3.18. The Bertz CT molecular complexity index is 963. The third-order valence-corrected chi connectivity index (χ3v) is 4.81. The van der Waals surface area contributed by atoms with Crippen molar-refractivity contribution in [3.05, 3.63) is 66.0 Å². The van der Waals surface area contributed by atoms with Gasteiger partial charge in [0.2, 0.25) is 0 Å². The molecule has 29 heavy (non-hydrogen) atoms. The Balaban J connectivity index is 1.35. The number of morpholine rings is 1. The summed E-state index contributed by atoms with van der Waals surface area (Å²) in [4.78, 5) is 14.5. The van der Waals surface area contributed by atoms with Crippen LogP contribution in [-0.4, -0.2) is 52.2 Å². The Morgan fingerprint density at radius 1 is 1.07 bits per heavy atom. The molecule has 2 N–H and O–H groups in total. The molecule has 1 aliphatic heterocycles. The van der Waals surface area contributed by atoms with Crippen LogP contribution in [0.4, 0.5) is 16.2 Å². The van der Waals surface area contributed by atoms with Crippen LogP contribution in [0.5, 0.6) is 0 Å². The van der Waals surface area contributed by atoms with Gasteiger partial charge < -0.3 is 15.4 Å². The van der Waals surface area contributed by atoms with E-state index >= 15 is 0 Å². The number of urea groups is 1. The van der Waals surface area contributed by atoms with E-state index in [1.54, 1.807) is 4.68 Å². The quantitative estimate of drug-likeness (QED) is 0.697. The Morgan fingerprint density at radius 3 is 2.59 bits per heavy atom. The standard InChI is InChI=1S/C21H24N6O2/c1-16-4-2-3-5-20(16)23-21(28)22-17-6-8-19(9-7-17)27-15-18(24-25-27)14-26-10-12-29-13-11-26/h2-9,15H,10-14H2,1H3,(H2,22,23,28). The van der Waals surface area contributed by atoms with Gasteiger partial charge in [-0.25, -0.2) is 9.48 Å². The van der Waals surface area contributed by atoms with Crippen LogP contribution in [0.25, 0.3) is 5.69 Å². The first-order chi connectivity index (χ1) is 14.2. The number of hydrogen-bond donors (Lipinski definition) is 2. The number of carbonyl (C=O) groups excluding carboxylic acids is 1. The molecule has 150 valence electrons. The van der Waals surface area contributed by atoms with E-state index in [0.717, 1.165) is 55.5 Å². The Hall–Kier alpha value is -3.23. The van der Waals surface area contributed by atoms with Gasteiger partial charge in [-0.15, -0.1) is 5.10 Å². The Kier molecular flexibility index (Phi) is 5.83. The highest BCUT2D eigenvalue weighted by Crippen LogP contribution is 2.16. The number of anilines is 2. The molecule has 0 bridgehead atoms. The lowest BCUT2D eigenvalue weighted by atomic mass is 10.2. The molecule has 0 spiro atoms. The van der Waals surface area contributed by atoms with Crippen molar-refractivity contribution in [3.8, 4) is 5.69 Å². The third-order valence-electron chi connectivity index (χ3n) is 4.81. The number of benzene rings is 2. The SMILES string of the molecule is Cc1ccccc1NC(=O)Nc1ccc(-n2cc(CN3CCOCC3)nn2)cc1. The van der Waals surface area contributed by atoms with Crippen molar-refractivity contribution in [3.63, 3.8) is 0 Å². The average molecular weight is 392 g/mol. The lowest BCUT2D eigenvalue weighted by molar-refractivity contribution is 0.0336. The molecule has 3 aromatic rings. The number of nitrogens with zero attached hydrogens (tertiary/aromatic N) is 4. The predicted molar refractivity (Wildman–Crippen MR) is 111 cm³/mol. The predicted octanol–water partition coefficient (Wildman–Crippen LogP) is 3.05. The minimum atomic E-state index is -0.277. The van der Waals surface area contributed by atoms with Gasteiger partial charge in [0.15, 0.2) is 0 Å². The van der Waals surface area contributed by atoms with Crippen LogP contribution in [-0.2, 0) is 11.3 Å². The monoisotopic (exact) mass is 392 g/mol. The molecule has 0 unspecified atom stereocenters. The lowest BCUT2D eigenvalue weighted by Crippen LogP contribution is -2.35. The normalized spacial score (nSPS) is 14.5. The fourth-order valence-corrected chi connectivity index (χ4v) is 3.18. The second kappa shape index (κ2) is 8.85. The average Bonchev–Trinajstić information content (AvgIpc) is 3.19. The van der Waals surface area contributed by atoms with Crippen LogP contribution in [0, 0.1) is 6.92 Å². The van der Waals surface area contributed by atoms with Crippen molar-refractivity contribution in [2.45, 2.75) is 13.5 Å². The molecule has 2 heterocycles. The first-order valence-corrected chi connectivity index (χ1v) is 9.63. The molecule has 1 saturated heterocycles. The van der Waals surface area contributed by atoms with Crippen molar-refractivity contribution < 1.29 is 9.53 Å². The van der Waals surface area contributed by atoms with Crippen molar-refractivity contribution in [1.29, 1.82) is 0 Å². The molecule has 2 amide bonds. The molecule has 1 fully saturated rings. The summed E-state index contributed by atoms with van der Waals surface area (Å²) in [6.45, 7) is 6.08. The number of hydrogen-bond acceptors (Lipinski definition) is 5. The van der Waals surface area contributed by atoms with E-state index in [4.69, 9.17) is 4.74 Å². The van der Waals surface area contributed by atoms with Crippen LogP contribution in [0.15, 0.2) is 54.7 Å². The maximum Gasteiger partial charge on any atom is 0.323 e. The summed E-state index contributed by atoms with van der Waals surface area (Å²) < 4.78 is 7.12. The van der Waals surface area contributed by atoms with Gasteiger partial charge in [-0.2, -0.15) is 0 Å². The van der Waals surface area contributed by atoms with Crippen LogP contribution < -0.4 is 10.6 Å². The van der Waals surface area contributed by atoms with Gasteiger partial charge in [-0.1, -0.05) is 23.4 Å². The molecule has 8 heteroatoms. The van der Waals surface area contributed by atoms with E-state index in [9.17, 15) is 4.79 Å². The van der Waals surface area contributed by atoms with Crippen LogP contribution >= 0.6 is 0 Å². The zero-order chi connectivity index (χ0) is 20.1. The van der Waals surface area contributed by atoms with E-state index in [2.05, 4.69) is 25.8 Å². The zero-order valence-corrected chi connectivity index (χ0v) is 16.3. The van der Waals surface area contributed by atoms with Crippen molar-refractivity contribution >= 4 is 17.4 Å². The topological polar surface area (TPSA) is 84.3 Å². The minimum Gasteiger partial charge on any atom is -0.379 e. The highest BCUT2D eigenvalue weighted by molar-refractivity contribution is 6.00.